The van der Waals surface area contributed by atoms with E-state index in [9.17, 15) is 14.0 Å². The van der Waals surface area contributed by atoms with E-state index in [1.165, 1.54) is 6.07 Å². The van der Waals surface area contributed by atoms with Crippen LogP contribution in [0, 0.1) is 24.1 Å². The van der Waals surface area contributed by atoms with Crippen LogP contribution in [0.5, 0.6) is 5.75 Å². The van der Waals surface area contributed by atoms with Gasteiger partial charge in [0, 0.05) is 81.6 Å². The molecule has 232 valence electrons. The number of carbonyl (C=O) groups is 2. The van der Waals surface area contributed by atoms with Crippen molar-refractivity contribution in [3.05, 3.63) is 70.9 Å². The molecule has 2 fully saturated rings. The van der Waals surface area contributed by atoms with Crippen molar-refractivity contribution in [2.75, 3.05) is 64.3 Å². The number of rotatable bonds is 6. The van der Waals surface area contributed by atoms with Crippen LogP contribution in [0.1, 0.15) is 15.9 Å². The van der Waals surface area contributed by atoms with E-state index in [0.717, 1.165) is 18.7 Å². The topological polar surface area (TPSA) is 131 Å². The highest BCUT2D eigenvalue weighted by Crippen LogP contribution is 2.36. The molecule has 12 nitrogen and oxygen atoms in total. The lowest BCUT2D eigenvalue weighted by molar-refractivity contribution is 0.0634. The van der Waals surface area contributed by atoms with Gasteiger partial charge in [0.2, 0.25) is 0 Å². The molecule has 2 aromatic heterocycles. The number of nitrogens with one attached hydrogen (secondary N) is 2. The number of aromatic nitrogens is 3. The van der Waals surface area contributed by atoms with Crippen molar-refractivity contribution in [1.29, 1.82) is 5.26 Å². The minimum Gasteiger partial charge on any atom is -0.476 e. The lowest BCUT2D eigenvalue weighted by Gasteiger charge is -2.38. The molecule has 3 amide bonds. The molecular weight excluding hydrogens is 601 g/mol. The summed E-state index contributed by atoms with van der Waals surface area (Å²) < 4.78 is 21.7. The highest BCUT2D eigenvalue weighted by Gasteiger charge is 2.29. The first kappa shape index (κ1) is 30.1. The SMILES string of the molecule is Cc1cc(Nc2nccn3c(-c4ccc(OCC#N)c(F)c4Cl)cnc23)ccc1C(=O)N1CCN(C(=O)N2CCNCC2)CC1. The van der Waals surface area contributed by atoms with Crippen LogP contribution in [-0.2, 0) is 0 Å². The third-order valence-electron chi connectivity index (χ3n) is 7.99. The molecule has 0 saturated carbocycles. The molecule has 2 aliphatic heterocycles. The van der Waals surface area contributed by atoms with Crippen molar-refractivity contribution < 1.29 is 18.7 Å². The molecule has 6 rings (SSSR count). The van der Waals surface area contributed by atoms with Gasteiger partial charge in [-0.1, -0.05) is 11.6 Å². The molecule has 0 radical (unpaired) electrons. The second-order valence-corrected chi connectivity index (χ2v) is 11.1. The summed E-state index contributed by atoms with van der Waals surface area (Å²) in [5.41, 5.74) is 3.52. The summed E-state index contributed by atoms with van der Waals surface area (Å²) in [6.45, 7) is 6.56. The van der Waals surface area contributed by atoms with Gasteiger partial charge in [0.25, 0.3) is 5.91 Å². The molecule has 0 atom stereocenters. The second-order valence-electron chi connectivity index (χ2n) is 10.8. The fourth-order valence-electron chi connectivity index (χ4n) is 5.60. The molecule has 14 heteroatoms. The Hall–Kier alpha value is -4.93. The molecule has 2 aromatic carbocycles. The number of aryl methyl sites for hydroxylation is 1. The number of ether oxygens (including phenoxy) is 1. The third kappa shape index (κ3) is 6.07. The minimum absolute atomic E-state index is 0.0400. The zero-order valence-electron chi connectivity index (χ0n) is 24.6. The van der Waals surface area contributed by atoms with Gasteiger partial charge in [-0.05, 0) is 42.8 Å². The van der Waals surface area contributed by atoms with Crippen LogP contribution in [0.15, 0.2) is 48.9 Å². The van der Waals surface area contributed by atoms with Crippen molar-refractivity contribution in [3.8, 4) is 23.1 Å². The van der Waals surface area contributed by atoms with E-state index < -0.39 is 5.82 Å². The van der Waals surface area contributed by atoms with Crippen LogP contribution in [0.25, 0.3) is 16.9 Å². The van der Waals surface area contributed by atoms with Crippen molar-refractivity contribution in [3.63, 3.8) is 0 Å². The number of carbonyl (C=O) groups excluding carboxylic acids is 2. The molecular formula is C31H31ClFN9O3. The molecule has 0 spiro atoms. The normalized spacial score (nSPS) is 15.2. The monoisotopic (exact) mass is 631 g/mol. The molecule has 0 unspecified atom stereocenters. The number of anilines is 2. The molecule has 0 bridgehead atoms. The van der Waals surface area contributed by atoms with Crippen molar-refractivity contribution in [2.24, 2.45) is 0 Å². The number of hydrogen-bond acceptors (Lipinski definition) is 8. The lowest BCUT2D eigenvalue weighted by Crippen LogP contribution is -2.57. The summed E-state index contributed by atoms with van der Waals surface area (Å²) in [5.74, 6) is -0.483. The fraction of sp³-hybridized carbons (Fsp3) is 0.323. The van der Waals surface area contributed by atoms with Gasteiger partial charge in [0.1, 0.15) is 6.07 Å². The third-order valence-corrected chi connectivity index (χ3v) is 8.36. The minimum atomic E-state index is -0.762. The number of nitrogens with zero attached hydrogens (tertiary/aromatic N) is 7. The molecule has 2 saturated heterocycles. The predicted molar refractivity (Wildman–Crippen MR) is 166 cm³/mol. The highest BCUT2D eigenvalue weighted by molar-refractivity contribution is 6.33. The molecule has 2 aliphatic rings. The molecule has 4 aromatic rings. The van der Waals surface area contributed by atoms with Gasteiger partial charge in [-0.2, -0.15) is 5.26 Å². The number of piperazine rings is 2. The molecule has 0 aliphatic carbocycles. The van der Waals surface area contributed by atoms with E-state index in [1.807, 2.05) is 28.9 Å². The highest BCUT2D eigenvalue weighted by atomic mass is 35.5. The number of fused-ring (bicyclic) bond motifs is 1. The number of hydrogen-bond donors (Lipinski definition) is 2. The van der Waals surface area contributed by atoms with Gasteiger partial charge in [0.15, 0.2) is 29.6 Å². The Balaban J connectivity index is 1.15. The van der Waals surface area contributed by atoms with Crippen LogP contribution < -0.4 is 15.4 Å². The van der Waals surface area contributed by atoms with Crippen LogP contribution in [0.3, 0.4) is 0 Å². The smallest absolute Gasteiger partial charge is 0.320 e. The Kier molecular flexibility index (Phi) is 8.68. The van der Waals surface area contributed by atoms with E-state index in [4.69, 9.17) is 21.6 Å². The first-order valence-electron chi connectivity index (χ1n) is 14.6. The first-order valence-corrected chi connectivity index (χ1v) is 14.9. The molecule has 4 heterocycles. The summed E-state index contributed by atoms with van der Waals surface area (Å²) in [5, 5.41) is 15.1. The van der Waals surface area contributed by atoms with Crippen molar-refractivity contribution in [2.45, 2.75) is 6.92 Å². The van der Waals surface area contributed by atoms with Gasteiger partial charge in [0.05, 0.1) is 16.9 Å². The van der Waals surface area contributed by atoms with Gasteiger partial charge >= 0.3 is 6.03 Å². The molecule has 45 heavy (non-hydrogen) atoms. The Labute approximate surface area is 264 Å². The number of halogens is 2. The first-order chi connectivity index (χ1) is 21.9. The number of imidazole rings is 1. The molecule has 2 N–H and O–H groups in total. The maximum absolute atomic E-state index is 14.8. The summed E-state index contributed by atoms with van der Waals surface area (Å²) in [6.07, 6.45) is 4.86. The maximum atomic E-state index is 14.8. The summed E-state index contributed by atoms with van der Waals surface area (Å²) in [7, 11) is 0. The van der Waals surface area contributed by atoms with E-state index >= 15 is 0 Å². The summed E-state index contributed by atoms with van der Waals surface area (Å²) in [6, 6.07) is 10.3. The van der Waals surface area contributed by atoms with Gasteiger partial charge in [-0.25, -0.2) is 19.2 Å². The number of amides is 3. The second kappa shape index (κ2) is 13.0. The predicted octanol–water partition coefficient (Wildman–Crippen LogP) is 3.93. The average molecular weight is 632 g/mol. The van der Waals surface area contributed by atoms with E-state index in [0.29, 0.717) is 73.2 Å². The van der Waals surface area contributed by atoms with Crippen LogP contribution >= 0.6 is 11.6 Å². The fourth-order valence-corrected chi connectivity index (χ4v) is 5.86. The maximum Gasteiger partial charge on any atom is 0.320 e. The van der Waals surface area contributed by atoms with Crippen molar-refractivity contribution in [1.82, 2.24) is 34.4 Å². The Morgan fingerprint density at radius 1 is 1.07 bits per heavy atom. The van der Waals surface area contributed by atoms with Crippen LogP contribution in [0.2, 0.25) is 5.02 Å². The Morgan fingerprint density at radius 3 is 2.53 bits per heavy atom. The standard InChI is InChI=1S/C31H31ClFN9O3/c1-20-18-21(2-3-22(20)30(43)39-13-15-41(16-14-39)31(44)40-10-7-35-8-11-40)38-28-29-37-19-24(42(29)12-9-36-28)23-4-5-25(45-17-6-34)27(33)26(23)32/h2-5,9,12,18-19,35H,7-8,10-11,13-17H2,1H3,(H,36,38). The van der Waals surface area contributed by atoms with Gasteiger partial charge < -0.3 is 30.1 Å². The van der Waals surface area contributed by atoms with Crippen LogP contribution in [0.4, 0.5) is 20.7 Å². The lowest BCUT2D eigenvalue weighted by atomic mass is 10.1. The van der Waals surface area contributed by atoms with Gasteiger partial charge in [-0.3, -0.25) is 9.20 Å². The van der Waals surface area contributed by atoms with Crippen LogP contribution in [-0.4, -0.2) is 100.0 Å². The zero-order valence-corrected chi connectivity index (χ0v) is 25.3. The Morgan fingerprint density at radius 2 is 1.80 bits per heavy atom. The van der Waals surface area contributed by atoms with Crippen molar-refractivity contribution >= 4 is 40.7 Å². The number of nitriles is 1. The number of urea groups is 1. The summed E-state index contributed by atoms with van der Waals surface area (Å²) >= 11 is 6.34. The summed E-state index contributed by atoms with van der Waals surface area (Å²) in [4.78, 5) is 40.7. The number of benzene rings is 2. The van der Waals surface area contributed by atoms with Gasteiger partial charge in [-0.15, -0.1) is 0 Å². The quantitative estimate of drug-likeness (QED) is 0.327. The van der Waals surface area contributed by atoms with E-state index in [2.05, 4.69) is 20.6 Å². The van der Waals surface area contributed by atoms with E-state index in [1.54, 1.807) is 46.1 Å². The zero-order chi connectivity index (χ0) is 31.5. The largest absolute Gasteiger partial charge is 0.476 e. The average Bonchev–Trinajstić information content (AvgIpc) is 3.50. The Bertz CT molecular complexity index is 1790. The van der Waals surface area contributed by atoms with E-state index in [-0.39, 0.29) is 29.3 Å².